The van der Waals surface area contributed by atoms with Gasteiger partial charge in [-0.05, 0) is 56.3 Å². The lowest BCUT2D eigenvalue weighted by Crippen LogP contribution is -2.47. The Morgan fingerprint density at radius 2 is 1.57 bits per heavy atom. The summed E-state index contributed by atoms with van der Waals surface area (Å²) >= 11 is 0. The lowest BCUT2D eigenvalue weighted by Gasteiger charge is -2.36. The number of hydrogen-bond donors (Lipinski definition) is 0. The summed E-state index contributed by atoms with van der Waals surface area (Å²) in [6, 6.07) is 12.4. The van der Waals surface area contributed by atoms with Gasteiger partial charge in [-0.3, -0.25) is 0 Å². The van der Waals surface area contributed by atoms with Gasteiger partial charge >= 0.3 is 0 Å². The van der Waals surface area contributed by atoms with Crippen LogP contribution < -0.4 is 9.80 Å². The third-order valence-corrected chi connectivity index (χ3v) is 6.26. The molecular formula is C23H27N7. The van der Waals surface area contributed by atoms with Gasteiger partial charge in [-0.25, -0.2) is 9.97 Å². The molecule has 0 radical (unpaired) electrons. The average molecular weight is 402 g/mol. The van der Waals surface area contributed by atoms with E-state index >= 15 is 0 Å². The van der Waals surface area contributed by atoms with Crippen molar-refractivity contribution in [1.29, 1.82) is 5.26 Å². The number of rotatable bonds is 5. The average Bonchev–Trinajstić information content (AvgIpc) is 3.47. The van der Waals surface area contributed by atoms with Crippen molar-refractivity contribution in [3.8, 4) is 6.07 Å². The first kappa shape index (κ1) is 18.9. The van der Waals surface area contributed by atoms with Crippen LogP contribution in [-0.2, 0) is 6.54 Å². The van der Waals surface area contributed by atoms with Crippen LogP contribution in [-0.4, -0.2) is 65.2 Å². The summed E-state index contributed by atoms with van der Waals surface area (Å²) < 4.78 is 2.30. The van der Waals surface area contributed by atoms with E-state index in [1.807, 2.05) is 12.1 Å². The van der Waals surface area contributed by atoms with Crippen molar-refractivity contribution >= 4 is 22.7 Å². The first-order valence-corrected chi connectivity index (χ1v) is 10.8. The predicted octanol–water partition coefficient (Wildman–Crippen LogP) is 2.73. The third-order valence-electron chi connectivity index (χ3n) is 6.26. The van der Waals surface area contributed by atoms with Gasteiger partial charge in [0.1, 0.15) is 23.4 Å². The van der Waals surface area contributed by atoms with Gasteiger partial charge in [-0.15, -0.1) is 0 Å². The molecule has 0 atom stereocenters. The van der Waals surface area contributed by atoms with E-state index in [0.717, 1.165) is 56.6 Å². The number of nitriles is 1. The fraction of sp³-hybridized carbons (Fsp3) is 0.435. The van der Waals surface area contributed by atoms with Crippen molar-refractivity contribution < 1.29 is 0 Å². The van der Waals surface area contributed by atoms with E-state index in [-0.39, 0.29) is 0 Å². The van der Waals surface area contributed by atoms with Gasteiger partial charge in [0.25, 0.3) is 0 Å². The summed E-state index contributed by atoms with van der Waals surface area (Å²) in [5, 5.41) is 10.2. The van der Waals surface area contributed by atoms with Crippen LogP contribution in [0.2, 0.25) is 0 Å². The topological polar surface area (TPSA) is 64.2 Å². The lowest BCUT2D eigenvalue weighted by atomic mass is 10.2. The molecule has 0 amide bonds. The molecule has 7 nitrogen and oxygen atoms in total. The van der Waals surface area contributed by atoms with Gasteiger partial charge in [-0.2, -0.15) is 5.26 Å². The molecule has 0 aromatic carbocycles. The van der Waals surface area contributed by atoms with Crippen molar-refractivity contribution in [3.05, 3.63) is 48.3 Å². The highest BCUT2D eigenvalue weighted by molar-refractivity contribution is 5.78. The summed E-state index contributed by atoms with van der Waals surface area (Å²) in [6.45, 7) is 8.18. The zero-order chi connectivity index (χ0) is 20.3. The monoisotopic (exact) mass is 401 g/mol. The normalized spacial score (nSPS) is 17.6. The summed E-state index contributed by atoms with van der Waals surface area (Å²) in [5.74, 6) is 1.99. The van der Waals surface area contributed by atoms with Gasteiger partial charge in [0.05, 0.1) is 5.56 Å². The van der Waals surface area contributed by atoms with Crippen molar-refractivity contribution in [2.75, 3.05) is 55.6 Å². The van der Waals surface area contributed by atoms with E-state index in [1.54, 1.807) is 6.20 Å². The SMILES string of the molecule is N#Cc1ccc(N2CCN(c3ccc4ccn(CCN5CCCC5)c4n3)CC2)nc1. The Bertz CT molecular complexity index is 1040. The fourth-order valence-electron chi connectivity index (χ4n) is 4.47. The minimum Gasteiger partial charge on any atom is -0.353 e. The van der Waals surface area contributed by atoms with E-state index in [9.17, 15) is 0 Å². The molecule has 2 fully saturated rings. The summed E-state index contributed by atoms with van der Waals surface area (Å²) in [4.78, 5) is 16.6. The molecule has 3 aromatic rings. The molecule has 3 aromatic heterocycles. The van der Waals surface area contributed by atoms with Crippen LogP contribution in [0.1, 0.15) is 18.4 Å². The number of nitrogens with zero attached hydrogens (tertiary/aromatic N) is 7. The fourth-order valence-corrected chi connectivity index (χ4v) is 4.47. The minimum atomic E-state index is 0.600. The van der Waals surface area contributed by atoms with E-state index < -0.39 is 0 Å². The predicted molar refractivity (Wildman–Crippen MR) is 119 cm³/mol. The smallest absolute Gasteiger partial charge is 0.142 e. The highest BCUT2D eigenvalue weighted by atomic mass is 15.3. The molecular weight excluding hydrogens is 374 g/mol. The maximum absolute atomic E-state index is 8.95. The summed E-state index contributed by atoms with van der Waals surface area (Å²) in [5.41, 5.74) is 1.69. The number of piperazine rings is 1. The van der Waals surface area contributed by atoms with Gasteiger partial charge in [0, 0.05) is 57.0 Å². The molecule has 7 heteroatoms. The number of anilines is 2. The van der Waals surface area contributed by atoms with Gasteiger partial charge < -0.3 is 19.3 Å². The molecule has 2 aliphatic heterocycles. The Balaban J connectivity index is 1.25. The quantitative estimate of drug-likeness (QED) is 0.655. The van der Waals surface area contributed by atoms with Crippen LogP contribution in [0, 0.1) is 11.3 Å². The largest absolute Gasteiger partial charge is 0.353 e. The standard InChI is InChI=1S/C23H27N7/c24-17-19-3-5-21(25-18-19)28-13-15-29(16-14-28)22-6-4-20-7-10-30(23(20)26-22)12-11-27-8-1-2-9-27/h3-7,10,18H,1-2,8-9,11-16H2. The first-order valence-electron chi connectivity index (χ1n) is 10.8. The second-order valence-corrected chi connectivity index (χ2v) is 8.13. The highest BCUT2D eigenvalue weighted by Crippen LogP contribution is 2.22. The summed E-state index contributed by atoms with van der Waals surface area (Å²) in [6.07, 6.45) is 6.48. The molecule has 5 heterocycles. The molecule has 2 saturated heterocycles. The number of fused-ring (bicyclic) bond motifs is 1. The van der Waals surface area contributed by atoms with Gasteiger partial charge in [-0.1, -0.05) is 0 Å². The van der Waals surface area contributed by atoms with Crippen molar-refractivity contribution in [2.45, 2.75) is 19.4 Å². The van der Waals surface area contributed by atoms with Gasteiger partial charge in [0.15, 0.2) is 0 Å². The minimum absolute atomic E-state index is 0.600. The first-order chi connectivity index (χ1) is 14.8. The number of likely N-dealkylation sites (tertiary alicyclic amines) is 1. The molecule has 0 saturated carbocycles. The van der Waals surface area contributed by atoms with Crippen molar-refractivity contribution in [1.82, 2.24) is 19.4 Å². The maximum Gasteiger partial charge on any atom is 0.142 e. The number of aromatic nitrogens is 3. The molecule has 0 bridgehead atoms. The number of pyridine rings is 2. The van der Waals surface area contributed by atoms with Crippen LogP contribution in [0.5, 0.6) is 0 Å². The Morgan fingerprint density at radius 1 is 0.833 bits per heavy atom. The zero-order valence-electron chi connectivity index (χ0n) is 17.2. The third kappa shape index (κ3) is 3.83. The van der Waals surface area contributed by atoms with Crippen LogP contribution >= 0.6 is 0 Å². The molecule has 2 aliphatic rings. The Hall–Kier alpha value is -3.11. The van der Waals surface area contributed by atoms with Crippen molar-refractivity contribution in [3.63, 3.8) is 0 Å². The van der Waals surface area contributed by atoms with Crippen LogP contribution in [0.3, 0.4) is 0 Å². The molecule has 30 heavy (non-hydrogen) atoms. The highest BCUT2D eigenvalue weighted by Gasteiger charge is 2.20. The molecule has 0 N–H and O–H groups in total. The molecule has 154 valence electrons. The van der Waals surface area contributed by atoms with E-state index in [0.29, 0.717) is 5.56 Å². The van der Waals surface area contributed by atoms with Crippen molar-refractivity contribution in [2.24, 2.45) is 0 Å². The maximum atomic E-state index is 8.95. The van der Waals surface area contributed by atoms with E-state index in [4.69, 9.17) is 10.2 Å². The lowest BCUT2D eigenvalue weighted by molar-refractivity contribution is 0.324. The summed E-state index contributed by atoms with van der Waals surface area (Å²) in [7, 11) is 0. The molecule has 0 spiro atoms. The Kier molecular flexibility index (Phi) is 5.24. The van der Waals surface area contributed by atoms with Crippen LogP contribution in [0.25, 0.3) is 11.0 Å². The molecule has 0 unspecified atom stereocenters. The second kappa shape index (κ2) is 8.33. The number of hydrogen-bond acceptors (Lipinski definition) is 6. The van der Waals surface area contributed by atoms with Gasteiger partial charge in [0.2, 0.25) is 0 Å². The van der Waals surface area contributed by atoms with E-state index in [2.05, 4.69) is 54.7 Å². The molecule has 5 rings (SSSR count). The van der Waals surface area contributed by atoms with Crippen LogP contribution in [0.15, 0.2) is 42.7 Å². The zero-order valence-corrected chi connectivity index (χ0v) is 17.2. The Morgan fingerprint density at radius 3 is 2.27 bits per heavy atom. The second-order valence-electron chi connectivity index (χ2n) is 8.13. The molecule has 0 aliphatic carbocycles. The van der Waals surface area contributed by atoms with Crippen LogP contribution in [0.4, 0.5) is 11.6 Å². The Labute approximate surface area is 177 Å². The van der Waals surface area contributed by atoms with E-state index in [1.165, 1.54) is 31.3 Å².